The number of hydrogen-bond acceptors (Lipinski definition) is 5. The van der Waals surface area contributed by atoms with Crippen molar-refractivity contribution in [1.29, 1.82) is 0 Å². The lowest BCUT2D eigenvalue weighted by Crippen LogP contribution is -2.50. The van der Waals surface area contributed by atoms with Crippen LogP contribution < -0.4 is 9.47 Å². The molecular weight excluding hydrogens is 400 g/mol. The van der Waals surface area contributed by atoms with Crippen molar-refractivity contribution in [1.82, 2.24) is 9.80 Å². The van der Waals surface area contributed by atoms with E-state index in [0.717, 1.165) is 49.8 Å². The third-order valence-corrected chi connectivity index (χ3v) is 5.76. The molecule has 5 nitrogen and oxygen atoms in total. The molecule has 1 aliphatic rings. The van der Waals surface area contributed by atoms with Crippen LogP contribution in [-0.4, -0.2) is 73.5 Å². The minimum absolute atomic E-state index is 0.301. The fourth-order valence-electron chi connectivity index (χ4n) is 3.92. The van der Waals surface area contributed by atoms with Crippen molar-refractivity contribution in [2.45, 2.75) is 6.10 Å². The van der Waals surface area contributed by atoms with Crippen molar-refractivity contribution < 1.29 is 14.6 Å². The normalized spacial score (nSPS) is 15.9. The minimum atomic E-state index is -0.503. The molecule has 168 valence electrons. The molecule has 0 aliphatic carbocycles. The van der Waals surface area contributed by atoms with Gasteiger partial charge in [0.1, 0.15) is 30.8 Å². The highest BCUT2D eigenvalue weighted by Crippen LogP contribution is 2.22. The zero-order valence-electron chi connectivity index (χ0n) is 18.5. The fraction of sp³-hybridized carbons (Fsp3) is 0.333. The summed E-state index contributed by atoms with van der Waals surface area (Å²) in [5.41, 5.74) is 2.34. The first-order chi connectivity index (χ1) is 15.8. The van der Waals surface area contributed by atoms with Gasteiger partial charge in [-0.1, -0.05) is 60.7 Å². The lowest BCUT2D eigenvalue weighted by atomic mass is 10.1. The molecule has 3 aromatic rings. The Hall–Kier alpha value is -2.86. The van der Waals surface area contributed by atoms with Crippen LogP contribution in [0.15, 0.2) is 84.9 Å². The van der Waals surface area contributed by atoms with Crippen LogP contribution in [0.3, 0.4) is 0 Å². The first-order valence-electron chi connectivity index (χ1n) is 11.4. The first-order valence-corrected chi connectivity index (χ1v) is 11.4. The molecule has 3 aromatic carbocycles. The number of aliphatic hydroxyl groups excluding tert-OH is 1. The Morgan fingerprint density at radius 2 is 1.22 bits per heavy atom. The number of para-hydroxylation sites is 1. The Morgan fingerprint density at radius 3 is 1.91 bits per heavy atom. The summed E-state index contributed by atoms with van der Waals surface area (Å²) in [5, 5.41) is 10.4. The summed E-state index contributed by atoms with van der Waals surface area (Å²) in [5.74, 6) is 1.70. The van der Waals surface area contributed by atoms with Gasteiger partial charge in [-0.25, -0.2) is 0 Å². The number of ether oxygens (including phenoxy) is 2. The summed E-state index contributed by atoms with van der Waals surface area (Å²) < 4.78 is 11.6. The number of rotatable bonds is 10. The maximum absolute atomic E-state index is 10.4. The van der Waals surface area contributed by atoms with E-state index < -0.39 is 6.10 Å². The highest BCUT2D eigenvalue weighted by molar-refractivity contribution is 5.63. The van der Waals surface area contributed by atoms with Crippen LogP contribution in [0.5, 0.6) is 11.5 Å². The number of aliphatic hydroxyl groups is 1. The van der Waals surface area contributed by atoms with Crippen LogP contribution in [0, 0.1) is 0 Å². The Kier molecular flexibility index (Phi) is 8.15. The second-order valence-electron chi connectivity index (χ2n) is 8.16. The van der Waals surface area contributed by atoms with Gasteiger partial charge in [0.15, 0.2) is 0 Å². The van der Waals surface area contributed by atoms with Crippen molar-refractivity contribution in [3.05, 3.63) is 84.9 Å². The largest absolute Gasteiger partial charge is 0.492 e. The minimum Gasteiger partial charge on any atom is -0.492 e. The highest BCUT2D eigenvalue weighted by atomic mass is 16.5. The van der Waals surface area contributed by atoms with Crippen molar-refractivity contribution in [3.8, 4) is 22.6 Å². The van der Waals surface area contributed by atoms with Crippen LogP contribution in [0.25, 0.3) is 11.1 Å². The molecule has 1 aliphatic heterocycles. The third kappa shape index (κ3) is 6.82. The molecule has 1 saturated heterocycles. The van der Waals surface area contributed by atoms with Crippen LogP contribution >= 0.6 is 0 Å². The quantitative estimate of drug-likeness (QED) is 0.528. The Balaban J connectivity index is 1.12. The van der Waals surface area contributed by atoms with Gasteiger partial charge < -0.3 is 14.6 Å². The smallest absolute Gasteiger partial charge is 0.119 e. The van der Waals surface area contributed by atoms with Gasteiger partial charge >= 0.3 is 0 Å². The summed E-state index contributed by atoms with van der Waals surface area (Å²) in [6, 6.07) is 28.3. The monoisotopic (exact) mass is 432 g/mol. The molecular formula is C27H32N2O3. The van der Waals surface area contributed by atoms with Crippen molar-refractivity contribution in [3.63, 3.8) is 0 Å². The van der Waals surface area contributed by atoms with Gasteiger partial charge in [-0.3, -0.25) is 9.80 Å². The average Bonchev–Trinajstić information content (AvgIpc) is 2.85. The van der Waals surface area contributed by atoms with Crippen LogP contribution in [0.2, 0.25) is 0 Å². The van der Waals surface area contributed by atoms with Gasteiger partial charge in [-0.2, -0.15) is 0 Å². The summed E-state index contributed by atoms with van der Waals surface area (Å²) in [6.07, 6.45) is -0.503. The Bertz CT molecular complexity index is 911. The van der Waals surface area contributed by atoms with E-state index in [2.05, 4.69) is 34.1 Å². The second-order valence-corrected chi connectivity index (χ2v) is 8.16. The van der Waals surface area contributed by atoms with Gasteiger partial charge in [0, 0.05) is 39.3 Å². The van der Waals surface area contributed by atoms with E-state index in [-0.39, 0.29) is 0 Å². The lowest BCUT2D eigenvalue weighted by Gasteiger charge is -2.35. The van der Waals surface area contributed by atoms with E-state index in [1.54, 1.807) is 0 Å². The average molecular weight is 433 g/mol. The molecule has 32 heavy (non-hydrogen) atoms. The topological polar surface area (TPSA) is 45.2 Å². The van der Waals surface area contributed by atoms with Crippen LogP contribution in [0.1, 0.15) is 0 Å². The molecule has 1 N–H and O–H groups in total. The number of hydrogen-bond donors (Lipinski definition) is 1. The maximum atomic E-state index is 10.4. The van der Waals surface area contributed by atoms with E-state index >= 15 is 0 Å². The molecule has 0 spiro atoms. The van der Waals surface area contributed by atoms with E-state index in [4.69, 9.17) is 9.47 Å². The van der Waals surface area contributed by atoms with Gasteiger partial charge in [-0.05, 0) is 35.4 Å². The van der Waals surface area contributed by atoms with Gasteiger partial charge in [0.05, 0.1) is 0 Å². The van der Waals surface area contributed by atoms with Crippen LogP contribution in [0.4, 0.5) is 0 Å². The molecule has 1 fully saturated rings. The molecule has 1 heterocycles. The van der Waals surface area contributed by atoms with Crippen molar-refractivity contribution in [2.75, 3.05) is 52.5 Å². The number of nitrogens with zero attached hydrogens (tertiary/aromatic N) is 2. The van der Waals surface area contributed by atoms with E-state index in [1.807, 2.05) is 60.7 Å². The Labute approximate surface area is 190 Å². The zero-order valence-corrected chi connectivity index (χ0v) is 18.5. The lowest BCUT2D eigenvalue weighted by molar-refractivity contribution is 0.0436. The fourth-order valence-corrected chi connectivity index (χ4v) is 3.92. The third-order valence-electron chi connectivity index (χ3n) is 5.76. The van der Waals surface area contributed by atoms with Crippen molar-refractivity contribution >= 4 is 0 Å². The van der Waals surface area contributed by atoms with Crippen molar-refractivity contribution in [2.24, 2.45) is 0 Å². The molecule has 0 bridgehead atoms. The molecule has 0 aromatic heterocycles. The predicted octanol–water partition coefficient (Wildman–Crippen LogP) is 3.79. The van der Waals surface area contributed by atoms with E-state index in [0.29, 0.717) is 19.8 Å². The Morgan fingerprint density at radius 1 is 0.656 bits per heavy atom. The standard InChI is InChI=1S/C27H32N2O3/c30-25(22-32-27-13-11-24(12-14-27)23-7-3-1-4-8-23)21-29-17-15-28(16-18-29)19-20-31-26-9-5-2-6-10-26/h1-14,25,30H,15-22H2. The number of benzene rings is 3. The molecule has 0 saturated carbocycles. The molecule has 5 heteroatoms. The van der Waals surface area contributed by atoms with Gasteiger partial charge in [0.25, 0.3) is 0 Å². The maximum Gasteiger partial charge on any atom is 0.119 e. The summed E-state index contributed by atoms with van der Waals surface area (Å²) in [7, 11) is 0. The second kappa shape index (κ2) is 11.7. The predicted molar refractivity (Wildman–Crippen MR) is 128 cm³/mol. The van der Waals surface area contributed by atoms with Gasteiger partial charge in [0.2, 0.25) is 0 Å². The first kappa shape index (κ1) is 22.3. The molecule has 0 amide bonds. The van der Waals surface area contributed by atoms with Gasteiger partial charge in [-0.15, -0.1) is 0 Å². The highest BCUT2D eigenvalue weighted by Gasteiger charge is 2.19. The molecule has 1 atom stereocenters. The molecule has 0 radical (unpaired) electrons. The summed E-state index contributed by atoms with van der Waals surface area (Å²) in [4.78, 5) is 4.72. The SMILES string of the molecule is OC(COc1ccc(-c2ccccc2)cc1)CN1CCN(CCOc2ccccc2)CC1. The summed E-state index contributed by atoms with van der Waals surface area (Å²) in [6.45, 7) is 6.45. The van der Waals surface area contributed by atoms with Crippen LogP contribution in [-0.2, 0) is 0 Å². The van der Waals surface area contributed by atoms with E-state index in [9.17, 15) is 5.11 Å². The van der Waals surface area contributed by atoms with E-state index in [1.165, 1.54) is 5.56 Å². The number of piperazine rings is 1. The molecule has 1 unspecified atom stereocenters. The molecule has 4 rings (SSSR count). The number of β-amino-alcohol motifs (C(OH)–C–C–N with tert-alkyl or cyclic N) is 1. The zero-order chi connectivity index (χ0) is 22.0. The summed E-state index contributed by atoms with van der Waals surface area (Å²) >= 11 is 0.